The minimum atomic E-state index is -2.19. The van der Waals surface area contributed by atoms with E-state index in [1.54, 1.807) is 24.3 Å². The minimum Gasteiger partial charge on any atom is -0.496 e. The molecule has 0 saturated heterocycles. The van der Waals surface area contributed by atoms with Gasteiger partial charge in [0.15, 0.2) is 5.60 Å². The van der Waals surface area contributed by atoms with Crippen molar-refractivity contribution in [1.29, 1.82) is 0 Å². The van der Waals surface area contributed by atoms with Gasteiger partial charge in [-0.1, -0.05) is 43.7 Å². The quantitative estimate of drug-likeness (QED) is 0.823. The first-order valence-electron chi connectivity index (χ1n) is 8.53. The molecule has 1 aliphatic rings. The standard InChI is InChI=1S/C21H21FO4/c1-3-4-6-15-18-16(7-5-8-17(18)26-2)20(24)21(25,19(15)23)13-9-11-14(22)12-10-13/h5-12,20,24-25H,3-4H2,1-2H3/b15-6-/t20-,21+/m1/s1. The van der Waals surface area contributed by atoms with Crippen molar-refractivity contribution >= 4 is 11.4 Å². The first-order valence-corrected chi connectivity index (χ1v) is 8.53. The minimum absolute atomic E-state index is 0.146. The van der Waals surface area contributed by atoms with Crippen molar-refractivity contribution in [3.8, 4) is 5.75 Å². The second-order valence-corrected chi connectivity index (χ2v) is 6.34. The van der Waals surface area contributed by atoms with Crippen molar-refractivity contribution in [3.05, 3.63) is 71.0 Å². The predicted molar refractivity (Wildman–Crippen MR) is 96.1 cm³/mol. The monoisotopic (exact) mass is 356 g/mol. The van der Waals surface area contributed by atoms with Crippen molar-refractivity contribution in [2.75, 3.05) is 7.11 Å². The summed E-state index contributed by atoms with van der Waals surface area (Å²) >= 11 is 0. The number of benzene rings is 2. The van der Waals surface area contributed by atoms with Crippen LogP contribution in [0.5, 0.6) is 5.75 Å². The maximum absolute atomic E-state index is 13.3. The zero-order valence-corrected chi connectivity index (χ0v) is 14.7. The predicted octanol–water partition coefficient (Wildman–Crippen LogP) is 3.52. The Morgan fingerprint density at radius 1 is 1.23 bits per heavy atom. The molecule has 2 N–H and O–H groups in total. The van der Waals surface area contributed by atoms with Gasteiger partial charge in [0.1, 0.15) is 17.7 Å². The molecule has 1 aliphatic carbocycles. The van der Waals surface area contributed by atoms with Gasteiger partial charge in [-0.2, -0.15) is 0 Å². The summed E-state index contributed by atoms with van der Waals surface area (Å²) < 4.78 is 18.7. The summed E-state index contributed by atoms with van der Waals surface area (Å²) in [7, 11) is 1.49. The van der Waals surface area contributed by atoms with Gasteiger partial charge >= 0.3 is 0 Å². The summed E-state index contributed by atoms with van der Waals surface area (Å²) in [6, 6.07) is 10.0. The number of aliphatic hydroxyl groups excluding tert-OH is 1. The Morgan fingerprint density at radius 3 is 2.54 bits per heavy atom. The smallest absolute Gasteiger partial charge is 0.202 e. The molecule has 5 heteroatoms. The molecule has 0 unspecified atom stereocenters. The maximum atomic E-state index is 13.3. The van der Waals surface area contributed by atoms with E-state index in [0.29, 0.717) is 28.9 Å². The third kappa shape index (κ3) is 2.73. The lowest BCUT2D eigenvalue weighted by Gasteiger charge is -2.38. The van der Waals surface area contributed by atoms with Gasteiger partial charge in [0.25, 0.3) is 0 Å². The summed E-state index contributed by atoms with van der Waals surface area (Å²) in [5.41, 5.74) is -0.846. The molecule has 136 valence electrons. The third-order valence-corrected chi connectivity index (χ3v) is 4.75. The van der Waals surface area contributed by atoms with Crippen LogP contribution in [0.15, 0.2) is 48.5 Å². The molecule has 0 amide bonds. The molecule has 2 atom stereocenters. The van der Waals surface area contributed by atoms with Crippen molar-refractivity contribution < 1.29 is 24.1 Å². The van der Waals surface area contributed by atoms with Crippen LogP contribution in [0.3, 0.4) is 0 Å². The number of hydrogen-bond donors (Lipinski definition) is 2. The number of fused-ring (bicyclic) bond motifs is 1. The maximum Gasteiger partial charge on any atom is 0.202 e. The fourth-order valence-corrected chi connectivity index (χ4v) is 3.38. The van der Waals surface area contributed by atoms with Crippen LogP contribution in [0.25, 0.3) is 5.57 Å². The van der Waals surface area contributed by atoms with Crippen LogP contribution in [0.4, 0.5) is 4.39 Å². The highest BCUT2D eigenvalue weighted by atomic mass is 19.1. The zero-order valence-electron chi connectivity index (χ0n) is 14.7. The number of aliphatic hydroxyl groups is 2. The Labute approximate surface area is 151 Å². The highest BCUT2D eigenvalue weighted by Crippen LogP contribution is 2.49. The molecule has 0 aromatic heterocycles. The number of methoxy groups -OCH3 is 1. The molecule has 0 saturated carbocycles. The molecule has 4 nitrogen and oxygen atoms in total. The van der Waals surface area contributed by atoms with Crippen molar-refractivity contribution in [3.63, 3.8) is 0 Å². The number of rotatable bonds is 4. The first-order chi connectivity index (χ1) is 12.4. The number of allylic oxidation sites excluding steroid dienone is 1. The summed E-state index contributed by atoms with van der Waals surface area (Å²) in [5, 5.41) is 22.1. The molecule has 0 bridgehead atoms. The Bertz CT molecular complexity index is 857. The van der Waals surface area contributed by atoms with Crippen LogP contribution in [-0.2, 0) is 10.4 Å². The number of unbranched alkanes of at least 4 members (excludes halogenated alkanes) is 1. The van der Waals surface area contributed by atoms with Gasteiger partial charge < -0.3 is 14.9 Å². The molecule has 3 rings (SSSR count). The second-order valence-electron chi connectivity index (χ2n) is 6.34. The summed E-state index contributed by atoms with van der Waals surface area (Å²) in [6.07, 6.45) is 1.71. The van der Waals surface area contributed by atoms with Crippen molar-refractivity contribution in [2.24, 2.45) is 0 Å². The largest absolute Gasteiger partial charge is 0.496 e. The fourth-order valence-electron chi connectivity index (χ4n) is 3.38. The van der Waals surface area contributed by atoms with E-state index in [-0.39, 0.29) is 5.56 Å². The van der Waals surface area contributed by atoms with Crippen LogP contribution < -0.4 is 4.74 Å². The average Bonchev–Trinajstić information content (AvgIpc) is 2.66. The van der Waals surface area contributed by atoms with Crippen LogP contribution in [0.1, 0.15) is 42.6 Å². The Morgan fingerprint density at radius 2 is 1.92 bits per heavy atom. The normalized spacial score (nSPS) is 23.8. The van der Waals surface area contributed by atoms with E-state index in [1.165, 1.54) is 19.2 Å². The Hall–Kier alpha value is -2.50. The zero-order chi connectivity index (χ0) is 18.9. The van der Waals surface area contributed by atoms with Gasteiger partial charge in [0.05, 0.1) is 7.11 Å². The summed E-state index contributed by atoms with van der Waals surface area (Å²) in [5.74, 6) is -0.653. The summed E-state index contributed by atoms with van der Waals surface area (Å²) in [6.45, 7) is 1.98. The van der Waals surface area contributed by atoms with E-state index in [2.05, 4.69) is 0 Å². The van der Waals surface area contributed by atoms with E-state index in [9.17, 15) is 19.4 Å². The number of carbonyl (C=O) groups is 1. The molecule has 26 heavy (non-hydrogen) atoms. The van der Waals surface area contributed by atoms with Crippen molar-refractivity contribution in [2.45, 2.75) is 31.5 Å². The fraction of sp³-hybridized carbons (Fsp3) is 0.286. The number of ketones is 1. The topological polar surface area (TPSA) is 66.8 Å². The van der Waals surface area contributed by atoms with Gasteiger partial charge in [-0.15, -0.1) is 0 Å². The molecule has 0 radical (unpaired) electrons. The van der Waals surface area contributed by atoms with E-state index in [4.69, 9.17) is 4.74 Å². The Balaban J connectivity index is 2.27. The third-order valence-electron chi connectivity index (χ3n) is 4.75. The molecular weight excluding hydrogens is 335 g/mol. The number of ether oxygens (including phenoxy) is 1. The second kappa shape index (κ2) is 7.02. The van der Waals surface area contributed by atoms with Crippen LogP contribution in [-0.4, -0.2) is 23.1 Å². The SMILES string of the molecule is CCC/C=C1\C(=O)[C@@](O)(c2ccc(F)cc2)[C@H](O)c2cccc(OC)c21. The van der Waals surface area contributed by atoms with E-state index in [1.807, 2.05) is 6.92 Å². The van der Waals surface area contributed by atoms with Crippen LogP contribution in [0, 0.1) is 5.82 Å². The average molecular weight is 356 g/mol. The van der Waals surface area contributed by atoms with E-state index in [0.717, 1.165) is 18.6 Å². The Kier molecular flexibility index (Phi) is 4.94. The van der Waals surface area contributed by atoms with Gasteiger partial charge in [-0.25, -0.2) is 4.39 Å². The van der Waals surface area contributed by atoms with E-state index < -0.39 is 23.3 Å². The lowest BCUT2D eigenvalue weighted by molar-refractivity contribution is -0.148. The number of carbonyl (C=O) groups excluding carboxylic acids is 1. The molecule has 0 spiro atoms. The highest BCUT2D eigenvalue weighted by Gasteiger charge is 2.52. The van der Waals surface area contributed by atoms with Gasteiger partial charge in [0, 0.05) is 11.1 Å². The lowest BCUT2D eigenvalue weighted by Crippen LogP contribution is -2.45. The van der Waals surface area contributed by atoms with Crippen LogP contribution in [0.2, 0.25) is 0 Å². The first kappa shape index (κ1) is 18.3. The number of halogens is 1. The van der Waals surface area contributed by atoms with Gasteiger partial charge in [0.2, 0.25) is 5.78 Å². The van der Waals surface area contributed by atoms with E-state index >= 15 is 0 Å². The molecule has 2 aromatic rings. The molecule has 2 aromatic carbocycles. The molecule has 0 heterocycles. The van der Waals surface area contributed by atoms with Gasteiger partial charge in [-0.05, 0) is 35.7 Å². The molecular formula is C21H21FO4. The molecule has 0 fully saturated rings. The molecule has 0 aliphatic heterocycles. The summed E-state index contributed by atoms with van der Waals surface area (Å²) in [4.78, 5) is 13.3. The van der Waals surface area contributed by atoms with Gasteiger partial charge in [-0.3, -0.25) is 4.79 Å². The van der Waals surface area contributed by atoms with Crippen LogP contribution >= 0.6 is 0 Å². The number of hydrogen-bond acceptors (Lipinski definition) is 4. The van der Waals surface area contributed by atoms with Crippen molar-refractivity contribution in [1.82, 2.24) is 0 Å². The highest BCUT2D eigenvalue weighted by molar-refractivity contribution is 6.27. The lowest BCUT2D eigenvalue weighted by atomic mass is 9.70. The number of Topliss-reactive ketones (excluding diaryl/α,β-unsaturated/α-hetero) is 1.